The molecule has 6 heteroatoms. The van der Waals surface area contributed by atoms with Gasteiger partial charge in [-0.15, -0.1) is 0 Å². The first-order valence-electron chi connectivity index (χ1n) is 7.02. The molecule has 114 valence electrons. The van der Waals surface area contributed by atoms with Gasteiger partial charge in [0.2, 0.25) is 0 Å². The molecule has 0 spiro atoms. The molecule has 0 amide bonds. The predicted molar refractivity (Wildman–Crippen MR) is 88.8 cm³/mol. The zero-order valence-electron chi connectivity index (χ0n) is 12.2. The minimum atomic E-state index is -1.06. The molecule has 0 unspecified atom stereocenters. The average Bonchev–Trinajstić information content (AvgIpc) is 3.03. The summed E-state index contributed by atoms with van der Waals surface area (Å²) < 4.78 is 8.36. The average molecular weight is 324 g/mol. The number of hydrogen-bond donors (Lipinski definition) is 1. The van der Waals surface area contributed by atoms with Gasteiger partial charge in [0.25, 0.3) is 5.88 Å². The molecular formula is C17H12N2O3S. The topological polar surface area (TPSA) is 63.8 Å². The first kappa shape index (κ1) is 13.8. The molecule has 5 nitrogen and oxygen atoms in total. The maximum Gasteiger partial charge on any atom is 0.358 e. The molecule has 0 saturated heterocycles. The van der Waals surface area contributed by atoms with E-state index in [4.69, 9.17) is 4.74 Å². The fourth-order valence-electron chi connectivity index (χ4n) is 2.61. The molecule has 0 radical (unpaired) electrons. The maximum atomic E-state index is 11.8. The van der Waals surface area contributed by atoms with Crippen LogP contribution in [-0.4, -0.2) is 20.5 Å². The maximum absolute atomic E-state index is 11.8. The smallest absolute Gasteiger partial charge is 0.358 e. The van der Waals surface area contributed by atoms with Crippen molar-refractivity contribution >= 4 is 32.5 Å². The van der Waals surface area contributed by atoms with Crippen molar-refractivity contribution in [3.05, 3.63) is 59.8 Å². The summed E-state index contributed by atoms with van der Waals surface area (Å²) in [4.78, 5) is 16.8. The Morgan fingerprint density at radius 2 is 1.96 bits per heavy atom. The van der Waals surface area contributed by atoms with Gasteiger partial charge in [-0.05, 0) is 30.7 Å². The lowest BCUT2D eigenvalue weighted by Crippen LogP contribution is -2.03. The summed E-state index contributed by atoms with van der Waals surface area (Å²) in [5.74, 6) is -0.395. The van der Waals surface area contributed by atoms with E-state index < -0.39 is 5.97 Å². The van der Waals surface area contributed by atoms with Crippen molar-refractivity contribution in [2.24, 2.45) is 0 Å². The second-order valence-electron chi connectivity index (χ2n) is 5.13. The number of carboxylic acids is 1. The number of fused-ring (bicyclic) bond motifs is 3. The third-order valence-corrected chi connectivity index (χ3v) is 4.61. The van der Waals surface area contributed by atoms with Crippen LogP contribution in [0.3, 0.4) is 0 Å². The molecule has 0 atom stereocenters. The second kappa shape index (κ2) is 5.10. The number of aromatic nitrogens is 2. The molecule has 0 saturated carbocycles. The van der Waals surface area contributed by atoms with Crippen LogP contribution < -0.4 is 4.74 Å². The monoisotopic (exact) mass is 324 g/mol. The van der Waals surface area contributed by atoms with Gasteiger partial charge in [0.15, 0.2) is 10.7 Å². The summed E-state index contributed by atoms with van der Waals surface area (Å²) in [7, 11) is 0. The Bertz CT molecular complexity index is 1030. The Hall–Kier alpha value is -2.86. The van der Waals surface area contributed by atoms with E-state index in [1.165, 1.54) is 11.3 Å². The number of benzene rings is 2. The normalized spacial score (nSPS) is 11.2. The van der Waals surface area contributed by atoms with Crippen molar-refractivity contribution in [3.63, 3.8) is 0 Å². The van der Waals surface area contributed by atoms with Crippen molar-refractivity contribution in [2.75, 3.05) is 0 Å². The Morgan fingerprint density at radius 1 is 1.17 bits per heavy atom. The first-order chi connectivity index (χ1) is 11.1. The Kier molecular flexibility index (Phi) is 3.06. The number of para-hydroxylation sites is 2. The Balaban J connectivity index is 1.99. The summed E-state index contributed by atoms with van der Waals surface area (Å²) in [6.07, 6.45) is 0. The third kappa shape index (κ3) is 2.15. The number of carbonyl (C=O) groups is 1. The van der Waals surface area contributed by atoms with Crippen molar-refractivity contribution in [2.45, 2.75) is 6.92 Å². The van der Waals surface area contributed by atoms with Crippen LogP contribution in [0.1, 0.15) is 16.1 Å². The van der Waals surface area contributed by atoms with Crippen molar-refractivity contribution in [1.82, 2.24) is 9.38 Å². The largest absolute Gasteiger partial charge is 0.476 e. The van der Waals surface area contributed by atoms with Crippen LogP contribution in [0.15, 0.2) is 48.5 Å². The van der Waals surface area contributed by atoms with Gasteiger partial charge in [-0.1, -0.05) is 41.7 Å². The van der Waals surface area contributed by atoms with Crippen LogP contribution in [0.4, 0.5) is 0 Å². The van der Waals surface area contributed by atoms with Crippen molar-refractivity contribution in [3.8, 4) is 11.6 Å². The van der Waals surface area contributed by atoms with Crippen LogP contribution in [-0.2, 0) is 0 Å². The van der Waals surface area contributed by atoms with Crippen LogP contribution in [0.5, 0.6) is 11.6 Å². The number of thiazole rings is 1. The van der Waals surface area contributed by atoms with Gasteiger partial charge in [-0.3, -0.25) is 4.40 Å². The number of carboxylic acid groups (broad SMARTS) is 1. The minimum absolute atomic E-state index is 0.0457. The molecule has 4 aromatic rings. The molecular weight excluding hydrogens is 312 g/mol. The van der Waals surface area contributed by atoms with Crippen LogP contribution in [0, 0.1) is 6.92 Å². The summed E-state index contributed by atoms with van der Waals surface area (Å²) in [6, 6.07) is 14.9. The summed E-state index contributed by atoms with van der Waals surface area (Å²) in [5.41, 5.74) is 1.91. The summed E-state index contributed by atoms with van der Waals surface area (Å²) >= 11 is 1.45. The van der Waals surface area contributed by atoms with E-state index in [1.54, 1.807) is 16.5 Å². The number of aromatic carboxylic acids is 1. The van der Waals surface area contributed by atoms with Gasteiger partial charge in [0.05, 0.1) is 10.2 Å². The number of aryl methyl sites for hydroxylation is 1. The third-order valence-electron chi connectivity index (χ3n) is 3.60. The van der Waals surface area contributed by atoms with E-state index in [0.717, 1.165) is 15.8 Å². The second-order valence-corrected chi connectivity index (χ2v) is 6.14. The van der Waals surface area contributed by atoms with Crippen LogP contribution in [0.25, 0.3) is 15.2 Å². The number of rotatable bonds is 3. The zero-order valence-corrected chi connectivity index (χ0v) is 13.0. The lowest BCUT2D eigenvalue weighted by molar-refractivity contribution is 0.0687. The van der Waals surface area contributed by atoms with Gasteiger partial charge in [-0.2, -0.15) is 4.98 Å². The highest BCUT2D eigenvalue weighted by Gasteiger charge is 2.24. The van der Waals surface area contributed by atoms with E-state index in [9.17, 15) is 9.90 Å². The molecule has 0 fully saturated rings. The molecule has 0 aliphatic rings. The highest BCUT2D eigenvalue weighted by molar-refractivity contribution is 7.23. The zero-order chi connectivity index (χ0) is 16.0. The van der Waals surface area contributed by atoms with Crippen LogP contribution >= 0.6 is 11.3 Å². The van der Waals surface area contributed by atoms with E-state index in [0.29, 0.717) is 10.7 Å². The van der Waals surface area contributed by atoms with E-state index >= 15 is 0 Å². The van der Waals surface area contributed by atoms with Crippen LogP contribution in [0.2, 0.25) is 0 Å². The van der Waals surface area contributed by atoms with Gasteiger partial charge in [-0.25, -0.2) is 4.79 Å². The lowest BCUT2D eigenvalue weighted by atomic mass is 10.2. The number of imidazole rings is 1. The molecule has 0 aliphatic carbocycles. The molecule has 23 heavy (non-hydrogen) atoms. The fraction of sp³-hybridized carbons (Fsp3) is 0.0588. The Morgan fingerprint density at radius 3 is 2.70 bits per heavy atom. The fourth-order valence-corrected chi connectivity index (χ4v) is 3.71. The van der Waals surface area contributed by atoms with E-state index in [1.807, 2.05) is 43.3 Å². The number of hydrogen-bond acceptors (Lipinski definition) is 4. The summed E-state index contributed by atoms with van der Waals surface area (Å²) in [5, 5.41) is 9.66. The predicted octanol–water partition coefficient (Wildman–Crippen LogP) is 4.35. The van der Waals surface area contributed by atoms with Gasteiger partial charge in [0, 0.05) is 0 Å². The lowest BCUT2D eigenvalue weighted by Gasteiger charge is -2.04. The number of nitrogens with zero attached hydrogens (tertiary/aromatic N) is 2. The van der Waals surface area contributed by atoms with Crippen molar-refractivity contribution in [1.29, 1.82) is 0 Å². The Labute approximate surface area is 135 Å². The highest BCUT2D eigenvalue weighted by Crippen LogP contribution is 2.34. The number of ether oxygens (including phenoxy) is 1. The molecule has 0 bridgehead atoms. The van der Waals surface area contributed by atoms with Crippen molar-refractivity contribution < 1.29 is 14.6 Å². The molecule has 1 N–H and O–H groups in total. The molecule has 0 aliphatic heterocycles. The van der Waals surface area contributed by atoms with Gasteiger partial charge >= 0.3 is 5.97 Å². The highest BCUT2D eigenvalue weighted by atomic mass is 32.1. The quantitative estimate of drug-likeness (QED) is 0.608. The molecule has 2 heterocycles. The molecule has 2 aromatic carbocycles. The standard InChI is InChI=1S/C17H12N2O3S/c1-10-6-5-9-12-13(10)19-14(16(20)21)15(18-17(19)23-12)22-11-7-3-2-4-8-11/h2-9H,1H3,(H,20,21). The SMILES string of the molecule is Cc1cccc2sc3nc(Oc4ccccc4)c(C(=O)O)n3c12. The molecule has 2 aromatic heterocycles. The molecule has 4 rings (SSSR count). The van der Waals surface area contributed by atoms with E-state index in [-0.39, 0.29) is 11.6 Å². The first-order valence-corrected chi connectivity index (χ1v) is 7.83. The van der Waals surface area contributed by atoms with E-state index in [2.05, 4.69) is 4.98 Å². The van der Waals surface area contributed by atoms with Gasteiger partial charge < -0.3 is 9.84 Å². The minimum Gasteiger partial charge on any atom is -0.476 e. The van der Waals surface area contributed by atoms with Gasteiger partial charge in [0.1, 0.15) is 5.75 Å². The summed E-state index contributed by atoms with van der Waals surface area (Å²) in [6.45, 7) is 1.96.